The lowest BCUT2D eigenvalue weighted by atomic mass is 10.0. The molecule has 0 unspecified atom stereocenters. The van der Waals surface area contributed by atoms with Gasteiger partial charge in [0.15, 0.2) is 5.78 Å². The fourth-order valence-corrected chi connectivity index (χ4v) is 3.29. The fraction of sp³-hybridized carbons (Fsp3) is 0.364. The molecule has 0 bridgehead atoms. The first-order chi connectivity index (χ1) is 12.3. The van der Waals surface area contributed by atoms with Gasteiger partial charge in [-0.25, -0.2) is 4.99 Å². The van der Waals surface area contributed by atoms with Gasteiger partial charge in [0.05, 0.1) is 11.4 Å². The van der Waals surface area contributed by atoms with Gasteiger partial charge >= 0.3 is 0 Å². The summed E-state index contributed by atoms with van der Waals surface area (Å²) in [6, 6.07) is 8.40. The molecule has 0 aliphatic carbocycles. The number of hydrogen-bond donors (Lipinski definition) is 1. The number of hydrogen-bond acceptors (Lipinski definition) is 3. The predicted octanol–water partition coefficient (Wildman–Crippen LogP) is 4.69. The van der Waals surface area contributed by atoms with Crippen molar-refractivity contribution in [3.05, 3.63) is 47.7 Å². The van der Waals surface area contributed by atoms with Crippen molar-refractivity contribution in [3.63, 3.8) is 0 Å². The zero-order valence-electron chi connectivity index (χ0n) is 16.1. The minimum absolute atomic E-state index is 0.175. The first kappa shape index (κ1) is 18.3. The summed E-state index contributed by atoms with van der Waals surface area (Å²) in [7, 11) is 4.05. The summed E-state index contributed by atoms with van der Waals surface area (Å²) in [5.74, 6) is 0.175. The molecule has 1 N–H and O–H groups in total. The van der Waals surface area contributed by atoms with Crippen molar-refractivity contribution in [3.8, 4) is 0 Å². The normalized spacial score (nSPS) is 14.4. The number of nitrogens with one attached hydrogen (secondary N) is 1. The second kappa shape index (κ2) is 7.42. The molecule has 0 atom stereocenters. The molecule has 4 heteroatoms. The van der Waals surface area contributed by atoms with Gasteiger partial charge in [-0.3, -0.25) is 4.79 Å². The molecule has 1 aliphatic heterocycles. The molecule has 1 aromatic heterocycles. The van der Waals surface area contributed by atoms with E-state index in [-0.39, 0.29) is 5.78 Å². The van der Waals surface area contributed by atoms with Crippen LogP contribution in [0.2, 0.25) is 0 Å². The summed E-state index contributed by atoms with van der Waals surface area (Å²) in [5, 5.41) is 1.14. The third-order valence-corrected chi connectivity index (χ3v) is 4.77. The maximum Gasteiger partial charge on any atom is 0.177 e. The Morgan fingerprint density at radius 2 is 2.08 bits per heavy atom. The van der Waals surface area contributed by atoms with E-state index in [1.165, 1.54) is 0 Å². The molecule has 0 saturated carbocycles. The highest BCUT2D eigenvalue weighted by molar-refractivity contribution is 6.42. The van der Waals surface area contributed by atoms with Gasteiger partial charge in [-0.1, -0.05) is 12.6 Å². The number of fused-ring (bicyclic) bond motifs is 1. The number of Topliss-reactive ketones (excluding diaryl/α,β-unsaturated/α-hetero) is 1. The lowest BCUT2D eigenvalue weighted by Gasteiger charge is -2.08. The smallest absolute Gasteiger partial charge is 0.177 e. The maximum atomic E-state index is 12.4. The number of rotatable bonds is 7. The molecule has 0 fully saturated rings. The zero-order chi connectivity index (χ0) is 18.8. The first-order valence-corrected chi connectivity index (χ1v) is 9.09. The number of nitrogens with zero attached hydrogens (tertiary/aromatic N) is 2. The Morgan fingerprint density at radius 1 is 1.31 bits per heavy atom. The van der Waals surface area contributed by atoms with Crippen molar-refractivity contribution in [2.24, 2.45) is 4.99 Å². The van der Waals surface area contributed by atoms with Crippen LogP contribution in [0.25, 0.3) is 22.2 Å². The van der Waals surface area contributed by atoms with E-state index in [9.17, 15) is 4.79 Å². The average molecular weight is 349 g/mol. The van der Waals surface area contributed by atoms with Crippen LogP contribution in [-0.2, 0) is 4.79 Å². The highest BCUT2D eigenvalue weighted by Gasteiger charge is 2.21. The molecule has 3 rings (SSSR count). The van der Waals surface area contributed by atoms with E-state index < -0.39 is 0 Å². The van der Waals surface area contributed by atoms with Crippen LogP contribution in [-0.4, -0.2) is 42.0 Å². The van der Waals surface area contributed by atoms with Crippen LogP contribution in [0, 0.1) is 0 Å². The van der Waals surface area contributed by atoms with Crippen LogP contribution in [0.1, 0.15) is 44.4 Å². The van der Waals surface area contributed by atoms with Crippen molar-refractivity contribution >= 4 is 33.7 Å². The van der Waals surface area contributed by atoms with E-state index in [2.05, 4.69) is 47.7 Å². The molecule has 0 saturated heterocycles. The lowest BCUT2D eigenvalue weighted by molar-refractivity contribution is -0.113. The van der Waals surface area contributed by atoms with Gasteiger partial charge in [-0.15, -0.1) is 0 Å². The van der Waals surface area contributed by atoms with E-state index in [1.807, 2.05) is 21.0 Å². The molecular weight excluding hydrogens is 322 g/mol. The number of aliphatic imine (C=N–C) groups is 1. The van der Waals surface area contributed by atoms with Crippen LogP contribution in [0.3, 0.4) is 0 Å². The molecule has 4 nitrogen and oxygen atoms in total. The second-order valence-corrected chi connectivity index (χ2v) is 7.46. The van der Waals surface area contributed by atoms with Gasteiger partial charge in [0.2, 0.25) is 0 Å². The topological polar surface area (TPSA) is 48.5 Å². The van der Waals surface area contributed by atoms with Gasteiger partial charge < -0.3 is 9.88 Å². The van der Waals surface area contributed by atoms with Crippen LogP contribution < -0.4 is 0 Å². The Bertz CT molecular complexity index is 928. The third kappa shape index (κ3) is 3.86. The first-order valence-electron chi connectivity index (χ1n) is 9.09. The summed E-state index contributed by atoms with van der Waals surface area (Å²) in [6.07, 6.45) is 2.10. The molecule has 1 aliphatic rings. The number of aromatic nitrogens is 1. The SMILES string of the molecule is C=C(C)c1cc2cc(C3=C(C)CC(C(=O)CCCN(C)C)=N3)ccc2[nH]1. The standard InChI is InChI=1S/C22H27N3O/c1-14(2)19-13-17-12-16(8-9-18(17)23-19)22-15(3)11-20(24-22)21(26)7-6-10-25(4)5/h8-9,12-13,23H,1,6-7,10-11H2,2-5H3. The molecule has 0 amide bonds. The Kier molecular flexibility index (Phi) is 5.23. The second-order valence-electron chi connectivity index (χ2n) is 7.46. The third-order valence-electron chi connectivity index (χ3n) is 4.77. The number of H-pyrrole nitrogens is 1. The molecule has 26 heavy (non-hydrogen) atoms. The molecule has 136 valence electrons. The predicted molar refractivity (Wildman–Crippen MR) is 110 cm³/mol. The van der Waals surface area contributed by atoms with Crippen LogP contribution >= 0.6 is 0 Å². The Morgan fingerprint density at radius 3 is 2.77 bits per heavy atom. The van der Waals surface area contributed by atoms with Crippen LogP contribution in [0.5, 0.6) is 0 Å². The van der Waals surface area contributed by atoms with Gasteiger partial charge in [0, 0.05) is 35.0 Å². The Balaban J connectivity index is 1.80. The maximum absolute atomic E-state index is 12.4. The van der Waals surface area contributed by atoms with E-state index in [0.29, 0.717) is 18.6 Å². The Hall–Kier alpha value is -2.46. The van der Waals surface area contributed by atoms with Crippen molar-refractivity contribution in [2.45, 2.75) is 33.1 Å². The largest absolute Gasteiger partial charge is 0.355 e. The number of benzene rings is 1. The molecular formula is C22H27N3O. The molecule has 0 radical (unpaired) electrons. The highest BCUT2D eigenvalue weighted by Crippen LogP contribution is 2.31. The van der Waals surface area contributed by atoms with Gasteiger partial charge in [-0.05, 0) is 70.3 Å². The summed E-state index contributed by atoms with van der Waals surface area (Å²) >= 11 is 0. The quantitative estimate of drug-likeness (QED) is 0.788. The summed E-state index contributed by atoms with van der Waals surface area (Å²) in [5.41, 5.74) is 7.03. The van der Waals surface area contributed by atoms with Gasteiger partial charge in [0.1, 0.15) is 0 Å². The number of allylic oxidation sites excluding steroid dienone is 2. The van der Waals surface area contributed by atoms with Gasteiger partial charge in [0.25, 0.3) is 0 Å². The minimum Gasteiger partial charge on any atom is -0.355 e. The lowest BCUT2D eigenvalue weighted by Crippen LogP contribution is -2.17. The molecule has 2 heterocycles. The van der Waals surface area contributed by atoms with E-state index in [1.54, 1.807) is 0 Å². The Labute approximate surface area is 155 Å². The highest BCUT2D eigenvalue weighted by atomic mass is 16.1. The van der Waals surface area contributed by atoms with Crippen molar-refractivity contribution < 1.29 is 4.79 Å². The van der Waals surface area contributed by atoms with Gasteiger partial charge in [-0.2, -0.15) is 0 Å². The summed E-state index contributed by atoms with van der Waals surface area (Å²) < 4.78 is 0. The van der Waals surface area contributed by atoms with E-state index in [0.717, 1.165) is 52.0 Å². The number of carbonyl (C=O) groups excluding carboxylic acids is 1. The van der Waals surface area contributed by atoms with E-state index >= 15 is 0 Å². The summed E-state index contributed by atoms with van der Waals surface area (Å²) in [4.78, 5) is 22.6. The van der Waals surface area contributed by atoms with Crippen LogP contribution in [0.15, 0.2) is 41.4 Å². The average Bonchev–Trinajstić information content (AvgIpc) is 3.17. The summed E-state index contributed by atoms with van der Waals surface area (Å²) in [6.45, 7) is 8.98. The minimum atomic E-state index is 0.175. The zero-order valence-corrected chi connectivity index (χ0v) is 16.1. The van der Waals surface area contributed by atoms with Crippen molar-refractivity contribution in [1.82, 2.24) is 9.88 Å². The van der Waals surface area contributed by atoms with Crippen LogP contribution in [0.4, 0.5) is 0 Å². The monoisotopic (exact) mass is 349 g/mol. The molecule has 0 spiro atoms. The molecule has 2 aromatic rings. The molecule has 1 aromatic carbocycles. The van der Waals surface area contributed by atoms with Crippen molar-refractivity contribution in [1.29, 1.82) is 0 Å². The van der Waals surface area contributed by atoms with Crippen molar-refractivity contribution in [2.75, 3.05) is 20.6 Å². The number of ketones is 1. The number of carbonyl (C=O) groups is 1. The van der Waals surface area contributed by atoms with E-state index in [4.69, 9.17) is 4.99 Å². The fourth-order valence-electron chi connectivity index (χ4n) is 3.29. The number of aromatic amines is 1.